The van der Waals surface area contributed by atoms with E-state index >= 15 is 0 Å². The Bertz CT molecular complexity index is 1300. The number of benzene rings is 2. The molecular weight excluding hydrogens is 440 g/mol. The van der Waals surface area contributed by atoms with Crippen LogP contribution >= 0.6 is 11.6 Å². The number of rotatable bonds is 4. The van der Waals surface area contributed by atoms with E-state index in [1.165, 1.54) is 12.0 Å². The summed E-state index contributed by atoms with van der Waals surface area (Å²) in [6.45, 7) is 5.53. The van der Waals surface area contributed by atoms with Crippen molar-refractivity contribution in [3.63, 3.8) is 0 Å². The number of aromatic nitrogens is 1. The highest BCUT2D eigenvalue weighted by molar-refractivity contribution is 6.52. The Morgan fingerprint density at radius 1 is 1.09 bits per heavy atom. The fraction of sp³-hybridized carbons (Fsp3) is 0.192. The molecule has 3 aromatic rings. The lowest BCUT2D eigenvalue weighted by Crippen LogP contribution is -2.30. The summed E-state index contributed by atoms with van der Waals surface area (Å²) >= 11 is 6.33. The van der Waals surface area contributed by atoms with Crippen molar-refractivity contribution in [3.8, 4) is 5.75 Å². The lowest BCUT2D eigenvalue weighted by atomic mass is 9.94. The number of aliphatic hydroxyl groups is 1. The monoisotopic (exact) mass is 462 g/mol. The smallest absolute Gasteiger partial charge is 0.300 e. The van der Waals surface area contributed by atoms with E-state index in [2.05, 4.69) is 4.98 Å². The summed E-state index contributed by atoms with van der Waals surface area (Å²) < 4.78 is 5.53. The van der Waals surface area contributed by atoms with Gasteiger partial charge in [-0.3, -0.25) is 19.5 Å². The third kappa shape index (κ3) is 3.76. The molecule has 0 bridgehead atoms. The van der Waals surface area contributed by atoms with E-state index in [0.29, 0.717) is 33.1 Å². The molecule has 1 saturated heterocycles. The number of Topliss-reactive ketones (excluding diaryl/α,β-unsaturated/α-hetero) is 1. The minimum absolute atomic E-state index is 0.0196. The zero-order valence-corrected chi connectivity index (χ0v) is 19.5. The first-order valence-corrected chi connectivity index (χ1v) is 10.8. The van der Waals surface area contributed by atoms with Crippen LogP contribution < -0.4 is 9.64 Å². The second-order valence-electron chi connectivity index (χ2n) is 8.00. The molecule has 168 valence electrons. The standard InChI is InChI=1S/C26H23ClN2O4/c1-14-12-15(2)25(33-4)18(13-14)23(30)21-22(17-8-10-28-11-9-17)29(26(32)24(21)31)20-7-5-6-19(27)16(20)3/h5-13,22,30H,1-4H3/b23-21+. The van der Waals surface area contributed by atoms with E-state index in [4.69, 9.17) is 16.3 Å². The summed E-state index contributed by atoms with van der Waals surface area (Å²) in [4.78, 5) is 32.1. The van der Waals surface area contributed by atoms with Gasteiger partial charge in [-0.25, -0.2) is 0 Å². The van der Waals surface area contributed by atoms with E-state index < -0.39 is 17.7 Å². The zero-order valence-electron chi connectivity index (χ0n) is 18.7. The number of pyridine rings is 1. The number of amides is 1. The number of anilines is 1. The number of hydrogen-bond acceptors (Lipinski definition) is 5. The predicted octanol–water partition coefficient (Wildman–Crippen LogP) is 5.30. The van der Waals surface area contributed by atoms with Crippen molar-refractivity contribution in [1.29, 1.82) is 0 Å². The van der Waals surface area contributed by atoms with Crippen LogP contribution in [0.25, 0.3) is 5.76 Å². The molecule has 2 aromatic carbocycles. The average Bonchev–Trinajstić information content (AvgIpc) is 3.06. The molecule has 1 aliphatic heterocycles. The van der Waals surface area contributed by atoms with Gasteiger partial charge in [0, 0.05) is 23.1 Å². The number of ether oxygens (including phenoxy) is 1. The lowest BCUT2D eigenvalue weighted by molar-refractivity contribution is -0.132. The molecule has 7 heteroatoms. The Labute approximate surface area is 197 Å². The van der Waals surface area contributed by atoms with Crippen LogP contribution in [0.1, 0.15) is 33.9 Å². The largest absolute Gasteiger partial charge is 0.507 e. The van der Waals surface area contributed by atoms with Crippen LogP contribution in [-0.2, 0) is 9.59 Å². The molecule has 2 heterocycles. The van der Waals surface area contributed by atoms with Crippen molar-refractivity contribution >= 4 is 34.7 Å². The van der Waals surface area contributed by atoms with Gasteiger partial charge in [0.05, 0.1) is 24.3 Å². The van der Waals surface area contributed by atoms with Crippen molar-refractivity contribution in [1.82, 2.24) is 4.98 Å². The molecule has 0 aliphatic carbocycles. The van der Waals surface area contributed by atoms with Gasteiger partial charge in [0.15, 0.2) is 0 Å². The Hall–Kier alpha value is -3.64. The molecule has 4 rings (SSSR count). The number of hydrogen-bond donors (Lipinski definition) is 1. The summed E-state index contributed by atoms with van der Waals surface area (Å²) in [5, 5.41) is 11.9. The molecule has 1 aromatic heterocycles. The first-order valence-electron chi connectivity index (χ1n) is 10.4. The highest BCUT2D eigenvalue weighted by atomic mass is 35.5. The van der Waals surface area contributed by atoms with Crippen LogP contribution in [0.2, 0.25) is 5.02 Å². The van der Waals surface area contributed by atoms with E-state index in [0.717, 1.165) is 11.1 Å². The Morgan fingerprint density at radius 3 is 2.45 bits per heavy atom. The predicted molar refractivity (Wildman–Crippen MR) is 128 cm³/mol. The van der Waals surface area contributed by atoms with Crippen LogP contribution in [0.3, 0.4) is 0 Å². The summed E-state index contributed by atoms with van der Waals surface area (Å²) in [6.07, 6.45) is 3.16. The first kappa shape index (κ1) is 22.6. The van der Waals surface area contributed by atoms with Crippen LogP contribution in [-0.4, -0.2) is 28.9 Å². The fourth-order valence-electron chi connectivity index (χ4n) is 4.35. The second-order valence-corrected chi connectivity index (χ2v) is 8.40. The molecule has 1 fully saturated rings. The van der Waals surface area contributed by atoms with Gasteiger partial charge in [0.2, 0.25) is 0 Å². The molecule has 1 amide bonds. The van der Waals surface area contributed by atoms with Gasteiger partial charge in [-0.1, -0.05) is 23.7 Å². The lowest BCUT2D eigenvalue weighted by Gasteiger charge is -2.27. The minimum atomic E-state index is -0.865. The zero-order chi connectivity index (χ0) is 23.9. The van der Waals surface area contributed by atoms with Crippen molar-refractivity contribution in [3.05, 3.63) is 93.3 Å². The number of ketones is 1. The van der Waals surface area contributed by atoms with Crippen LogP contribution in [0, 0.1) is 20.8 Å². The van der Waals surface area contributed by atoms with Crippen LogP contribution in [0.5, 0.6) is 5.75 Å². The fourth-order valence-corrected chi connectivity index (χ4v) is 4.52. The quantitative estimate of drug-likeness (QED) is 0.323. The van der Waals surface area contributed by atoms with Crippen molar-refractivity contribution in [2.45, 2.75) is 26.8 Å². The molecule has 6 nitrogen and oxygen atoms in total. The summed E-state index contributed by atoms with van der Waals surface area (Å²) in [6, 6.07) is 11.4. The van der Waals surface area contributed by atoms with E-state index in [-0.39, 0.29) is 11.3 Å². The number of carbonyl (C=O) groups is 2. The number of methoxy groups -OCH3 is 1. The van der Waals surface area contributed by atoms with E-state index in [1.54, 1.807) is 55.7 Å². The molecule has 0 spiro atoms. The topological polar surface area (TPSA) is 79.7 Å². The molecule has 1 N–H and O–H groups in total. The third-order valence-electron chi connectivity index (χ3n) is 5.84. The maximum Gasteiger partial charge on any atom is 0.300 e. The third-order valence-corrected chi connectivity index (χ3v) is 6.25. The van der Waals surface area contributed by atoms with Gasteiger partial charge in [-0.2, -0.15) is 0 Å². The van der Waals surface area contributed by atoms with E-state index in [1.807, 2.05) is 19.9 Å². The molecule has 33 heavy (non-hydrogen) atoms. The van der Waals surface area contributed by atoms with Gasteiger partial charge in [-0.05, 0) is 73.4 Å². The van der Waals surface area contributed by atoms with Crippen molar-refractivity contribution in [2.75, 3.05) is 12.0 Å². The van der Waals surface area contributed by atoms with Crippen LogP contribution in [0.15, 0.2) is 60.4 Å². The number of nitrogens with zero attached hydrogens (tertiary/aromatic N) is 2. The molecule has 1 unspecified atom stereocenters. The van der Waals surface area contributed by atoms with Crippen molar-refractivity contribution < 1.29 is 19.4 Å². The van der Waals surface area contributed by atoms with Crippen LogP contribution in [0.4, 0.5) is 5.69 Å². The first-order chi connectivity index (χ1) is 15.8. The Balaban J connectivity index is 2.03. The normalized spacial score (nSPS) is 17.5. The highest BCUT2D eigenvalue weighted by Gasteiger charge is 2.47. The number of carbonyl (C=O) groups excluding carboxylic acids is 2. The maximum absolute atomic E-state index is 13.4. The Kier molecular flexibility index (Phi) is 5.95. The Morgan fingerprint density at radius 2 is 1.79 bits per heavy atom. The van der Waals surface area contributed by atoms with Gasteiger partial charge in [0.1, 0.15) is 11.5 Å². The molecule has 0 saturated carbocycles. The molecule has 1 atom stereocenters. The molecule has 1 aliphatic rings. The maximum atomic E-state index is 13.4. The summed E-state index contributed by atoms with van der Waals surface area (Å²) in [5.74, 6) is -1.38. The average molecular weight is 463 g/mol. The van der Waals surface area contributed by atoms with E-state index in [9.17, 15) is 14.7 Å². The van der Waals surface area contributed by atoms with Gasteiger partial charge >= 0.3 is 0 Å². The SMILES string of the molecule is COc1c(C)cc(C)cc1/C(O)=C1\C(=O)C(=O)N(c2cccc(Cl)c2C)C1c1ccncc1. The van der Waals surface area contributed by atoms with Gasteiger partial charge in [-0.15, -0.1) is 0 Å². The molecule has 0 radical (unpaired) electrons. The van der Waals surface area contributed by atoms with Gasteiger partial charge < -0.3 is 9.84 Å². The number of aliphatic hydroxyl groups excluding tert-OH is 1. The van der Waals surface area contributed by atoms with Crippen molar-refractivity contribution in [2.24, 2.45) is 0 Å². The van der Waals surface area contributed by atoms with Gasteiger partial charge in [0.25, 0.3) is 11.7 Å². The molecular formula is C26H23ClN2O4. The minimum Gasteiger partial charge on any atom is -0.507 e. The number of halogens is 1. The second kappa shape index (κ2) is 8.71. The number of aryl methyl sites for hydroxylation is 2. The summed E-state index contributed by atoms with van der Waals surface area (Å²) in [7, 11) is 1.50. The summed E-state index contributed by atoms with van der Waals surface area (Å²) in [5.41, 5.74) is 3.81. The highest BCUT2D eigenvalue weighted by Crippen LogP contribution is 2.45.